The van der Waals surface area contributed by atoms with Gasteiger partial charge in [-0.1, -0.05) is 0 Å². The first-order valence-corrected chi connectivity index (χ1v) is 5.51. The van der Waals surface area contributed by atoms with Gasteiger partial charge in [-0.2, -0.15) is 0 Å². The van der Waals surface area contributed by atoms with E-state index in [4.69, 9.17) is 10.2 Å². The van der Waals surface area contributed by atoms with Crippen LogP contribution in [-0.4, -0.2) is 57.3 Å². The summed E-state index contributed by atoms with van der Waals surface area (Å²) in [5.41, 5.74) is 0.897. The van der Waals surface area contributed by atoms with Crippen molar-refractivity contribution in [3.63, 3.8) is 0 Å². The van der Waals surface area contributed by atoms with Gasteiger partial charge in [-0.05, 0) is 12.0 Å². The molecule has 17 heavy (non-hydrogen) atoms. The molecule has 0 atom stereocenters. The molecule has 0 aromatic carbocycles. The van der Waals surface area contributed by atoms with E-state index in [1.807, 2.05) is 0 Å². The van der Waals surface area contributed by atoms with Crippen LogP contribution in [0.25, 0.3) is 0 Å². The predicted molar refractivity (Wildman–Crippen MR) is 61.1 cm³/mol. The van der Waals surface area contributed by atoms with Gasteiger partial charge in [0.2, 0.25) is 5.91 Å². The molecule has 0 saturated heterocycles. The number of rotatable bonds is 7. The zero-order valence-corrected chi connectivity index (χ0v) is 9.62. The first-order chi connectivity index (χ1) is 8.27. The Balaban J connectivity index is 2.41. The Morgan fingerprint density at radius 1 is 1.18 bits per heavy atom. The van der Waals surface area contributed by atoms with Crippen molar-refractivity contribution in [3.8, 4) is 0 Å². The lowest BCUT2D eigenvalue weighted by atomic mass is 10.2. The molecule has 0 fully saturated rings. The Kier molecular flexibility index (Phi) is 6.13. The van der Waals surface area contributed by atoms with Crippen LogP contribution < -0.4 is 0 Å². The van der Waals surface area contributed by atoms with Crippen LogP contribution in [0.4, 0.5) is 0 Å². The van der Waals surface area contributed by atoms with E-state index in [9.17, 15) is 4.79 Å². The molecule has 0 aliphatic heterocycles. The topological polar surface area (TPSA) is 86.6 Å². The molecule has 1 amide bonds. The highest BCUT2D eigenvalue weighted by Crippen LogP contribution is 2.02. The summed E-state index contributed by atoms with van der Waals surface area (Å²) >= 11 is 0. The third kappa shape index (κ3) is 4.88. The van der Waals surface area contributed by atoms with Crippen molar-refractivity contribution in [2.45, 2.75) is 12.8 Å². The van der Waals surface area contributed by atoms with Gasteiger partial charge in [-0.25, -0.2) is 9.97 Å². The molecular formula is C11H17N3O3. The minimum Gasteiger partial charge on any atom is -0.395 e. The van der Waals surface area contributed by atoms with Crippen molar-refractivity contribution in [1.29, 1.82) is 0 Å². The lowest BCUT2D eigenvalue weighted by Crippen LogP contribution is -2.35. The van der Waals surface area contributed by atoms with Gasteiger partial charge < -0.3 is 15.1 Å². The number of carbonyl (C=O) groups excluding carboxylic acids is 1. The molecule has 2 N–H and O–H groups in total. The summed E-state index contributed by atoms with van der Waals surface area (Å²) < 4.78 is 0. The summed E-state index contributed by atoms with van der Waals surface area (Å²) in [5.74, 6) is -0.0862. The van der Waals surface area contributed by atoms with Gasteiger partial charge in [-0.15, -0.1) is 0 Å². The summed E-state index contributed by atoms with van der Waals surface area (Å²) in [6, 6.07) is 0. The standard InChI is InChI=1S/C11H17N3O3/c15-5-3-14(4-6-16)11(17)2-1-10-7-12-9-13-8-10/h7-9,15-16H,1-6H2. The number of hydrogen-bond acceptors (Lipinski definition) is 5. The highest BCUT2D eigenvalue weighted by molar-refractivity contribution is 5.76. The Labute approximate surface area is 99.9 Å². The molecule has 94 valence electrons. The summed E-state index contributed by atoms with van der Waals surface area (Å²) in [5, 5.41) is 17.6. The zero-order chi connectivity index (χ0) is 12.5. The normalized spacial score (nSPS) is 10.2. The van der Waals surface area contributed by atoms with Crippen LogP contribution in [-0.2, 0) is 11.2 Å². The summed E-state index contributed by atoms with van der Waals surface area (Å²) in [7, 11) is 0. The summed E-state index contributed by atoms with van der Waals surface area (Å²) in [6.07, 6.45) is 5.67. The van der Waals surface area contributed by atoms with E-state index in [-0.39, 0.29) is 32.2 Å². The first-order valence-electron chi connectivity index (χ1n) is 5.51. The van der Waals surface area contributed by atoms with Crippen LogP contribution in [0.2, 0.25) is 0 Å². The van der Waals surface area contributed by atoms with E-state index < -0.39 is 0 Å². The second kappa shape index (κ2) is 7.70. The smallest absolute Gasteiger partial charge is 0.223 e. The van der Waals surface area contributed by atoms with Crippen LogP contribution in [0.15, 0.2) is 18.7 Å². The average molecular weight is 239 g/mol. The SMILES string of the molecule is O=C(CCc1cncnc1)N(CCO)CCO. The van der Waals surface area contributed by atoms with E-state index >= 15 is 0 Å². The maximum absolute atomic E-state index is 11.8. The molecule has 0 radical (unpaired) electrons. The third-order valence-corrected chi connectivity index (χ3v) is 2.33. The molecule has 0 unspecified atom stereocenters. The maximum atomic E-state index is 11.8. The number of aromatic nitrogens is 2. The molecule has 6 nitrogen and oxygen atoms in total. The van der Waals surface area contributed by atoms with Crippen molar-refractivity contribution < 1.29 is 15.0 Å². The minimum atomic E-state index is -0.0970. The van der Waals surface area contributed by atoms with Crippen LogP contribution in [0.5, 0.6) is 0 Å². The number of hydrogen-bond donors (Lipinski definition) is 2. The van der Waals surface area contributed by atoms with Crippen molar-refractivity contribution in [2.75, 3.05) is 26.3 Å². The van der Waals surface area contributed by atoms with Crippen LogP contribution >= 0.6 is 0 Å². The summed E-state index contributed by atoms with van der Waals surface area (Å²) in [4.78, 5) is 20.9. The fourth-order valence-electron chi connectivity index (χ4n) is 1.47. The zero-order valence-electron chi connectivity index (χ0n) is 9.62. The van der Waals surface area contributed by atoms with Crippen molar-refractivity contribution in [1.82, 2.24) is 14.9 Å². The highest BCUT2D eigenvalue weighted by Gasteiger charge is 2.12. The molecule has 0 spiro atoms. The van der Waals surface area contributed by atoms with Gasteiger partial charge in [0, 0.05) is 31.9 Å². The number of amides is 1. The molecule has 0 aliphatic rings. The van der Waals surface area contributed by atoms with Gasteiger partial charge in [0.25, 0.3) is 0 Å². The number of carbonyl (C=O) groups is 1. The van der Waals surface area contributed by atoms with Crippen LogP contribution in [0.1, 0.15) is 12.0 Å². The van der Waals surface area contributed by atoms with Gasteiger partial charge >= 0.3 is 0 Å². The summed E-state index contributed by atoms with van der Waals surface area (Å²) in [6.45, 7) is 0.315. The molecule has 6 heteroatoms. The Bertz CT molecular complexity index is 326. The predicted octanol–water partition coefficient (Wildman–Crippen LogP) is -0.778. The second-order valence-electron chi connectivity index (χ2n) is 3.57. The largest absolute Gasteiger partial charge is 0.395 e. The van der Waals surface area contributed by atoms with Crippen molar-refractivity contribution in [2.24, 2.45) is 0 Å². The van der Waals surface area contributed by atoms with Crippen molar-refractivity contribution >= 4 is 5.91 Å². The molecule has 1 heterocycles. The van der Waals surface area contributed by atoms with Crippen LogP contribution in [0, 0.1) is 0 Å². The fraction of sp³-hybridized carbons (Fsp3) is 0.545. The van der Waals surface area contributed by atoms with Gasteiger partial charge in [0.05, 0.1) is 13.2 Å². The molecule has 1 aromatic heterocycles. The highest BCUT2D eigenvalue weighted by atomic mass is 16.3. The van der Waals surface area contributed by atoms with Crippen molar-refractivity contribution in [3.05, 3.63) is 24.3 Å². The quantitative estimate of drug-likeness (QED) is 0.652. The van der Waals surface area contributed by atoms with E-state index in [1.165, 1.54) is 11.2 Å². The van der Waals surface area contributed by atoms with Gasteiger partial charge in [-0.3, -0.25) is 4.79 Å². The number of aryl methyl sites for hydroxylation is 1. The lowest BCUT2D eigenvalue weighted by Gasteiger charge is -2.20. The number of aliphatic hydroxyl groups excluding tert-OH is 2. The lowest BCUT2D eigenvalue weighted by molar-refractivity contribution is -0.132. The van der Waals surface area contributed by atoms with Gasteiger partial charge in [0.1, 0.15) is 6.33 Å². The maximum Gasteiger partial charge on any atom is 0.223 e. The third-order valence-electron chi connectivity index (χ3n) is 2.33. The Hall–Kier alpha value is -1.53. The minimum absolute atomic E-state index is 0.0862. The van der Waals surface area contributed by atoms with E-state index in [1.54, 1.807) is 12.4 Å². The van der Waals surface area contributed by atoms with Gasteiger partial charge in [0.15, 0.2) is 0 Å². The Morgan fingerprint density at radius 3 is 2.29 bits per heavy atom. The number of nitrogens with zero attached hydrogens (tertiary/aromatic N) is 3. The fourth-order valence-corrected chi connectivity index (χ4v) is 1.47. The Morgan fingerprint density at radius 2 is 1.76 bits per heavy atom. The molecule has 0 bridgehead atoms. The molecule has 0 saturated carbocycles. The first kappa shape index (κ1) is 13.5. The van der Waals surface area contributed by atoms with E-state index in [2.05, 4.69) is 9.97 Å². The number of aliphatic hydroxyl groups is 2. The van der Waals surface area contributed by atoms with Crippen LogP contribution in [0.3, 0.4) is 0 Å². The molecule has 1 rings (SSSR count). The van der Waals surface area contributed by atoms with E-state index in [0.29, 0.717) is 12.8 Å². The average Bonchev–Trinajstić information content (AvgIpc) is 2.37. The molecule has 0 aliphatic carbocycles. The molecule has 1 aromatic rings. The molecular weight excluding hydrogens is 222 g/mol. The second-order valence-corrected chi connectivity index (χ2v) is 3.57. The van der Waals surface area contributed by atoms with E-state index in [0.717, 1.165) is 5.56 Å². The monoisotopic (exact) mass is 239 g/mol.